The fraction of sp³-hybridized carbons (Fsp3) is 0.200. The number of anilines is 3. The lowest BCUT2D eigenvalue weighted by Gasteiger charge is -2.29. The van der Waals surface area contributed by atoms with Crippen LogP contribution >= 0.6 is 11.8 Å². The molecule has 2 aromatic rings. The van der Waals surface area contributed by atoms with Crippen LogP contribution in [0.3, 0.4) is 0 Å². The van der Waals surface area contributed by atoms with Crippen molar-refractivity contribution in [3.63, 3.8) is 0 Å². The molecule has 0 bridgehead atoms. The number of ether oxygens (including phenoxy) is 1. The lowest BCUT2D eigenvalue weighted by atomic mass is 10.2. The number of thioether (sulfide) groups is 1. The average molecular weight is 411 g/mol. The van der Waals surface area contributed by atoms with Crippen molar-refractivity contribution in [2.45, 2.75) is 16.6 Å². The molecule has 4 rings (SSSR count). The molecule has 0 saturated carbocycles. The van der Waals surface area contributed by atoms with E-state index in [0.29, 0.717) is 17.1 Å². The first kappa shape index (κ1) is 19.0. The van der Waals surface area contributed by atoms with E-state index in [4.69, 9.17) is 4.74 Å². The van der Waals surface area contributed by atoms with E-state index in [-0.39, 0.29) is 24.8 Å². The minimum atomic E-state index is -0.653. The topological polar surface area (TPSA) is 105 Å². The standard InChI is InChI=1S/C20H17N3O5S/c24-17-10-23(14-7-3-1-5-12(14)21-17)18(25)11-28-19(26)9-16-20(27)22-13-6-2-4-8-15(13)29-16/h1-8,16H,9-11H2,(H,21,24)(H,22,27)/t16-/m1/s1. The van der Waals surface area contributed by atoms with E-state index in [1.165, 1.54) is 16.7 Å². The van der Waals surface area contributed by atoms with Gasteiger partial charge in [-0.2, -0.15) is 0 Å². The number of nitrogens with one attached hydrogen (secondary N) is 2. The Labute approximate surface area is 170 Å². The van der Waals surface area contributed by atoms with E-state index in [2.05, 4.69) is 10.6 Å². The molecule has 9 heteroatoms. The Morgan fingerprint density at radius 1 is 1.03 bits per heavy atom. The van der Waals surface area contributed by atoms with E-state index in [1.54, 1.807) is 30.3 Å². The van der Waals surface area contributed by atoms with E-state index >= 15 is 0 Å². The van der Waals surface area contributed by atoms with Crippen LogP contribution in [0, 0.1) is 0 Å². The highest BCUT2D eigenvalue weighted by molar-refractivity contribution is 8.01. The number of nitrogens with zero attached hydrogens (tertiary/aromatic N) is 1. The van der Waals surface area contributed by atoms with Crippen molar-refractivity contribution in [1.29, 1.82) is 0 Å². The maximum Gasteiger partial charge on any atom is 0.307 e. The Bertz CT molecular complexity index is 1010. The summed E-state index contributed by atoms with van der Waals surface area (Å²) in [5, 5.41) is 4.82. The smallest absolute Gasteiger partial charge is 0.307 e. The molecule has 0 aromatic heterocycles. The fourth-order valence-corrected chi connectivity index (χ4v) is 4.21. The number of amides is 3. The summed E-state index contributed by atoms with van der Waals surface area (Å²) >= 11 is 1.29. The van der Waals surface area contributed by atoms with E-state index in [0.717, 1.165) is 4.90 Å². The van der Waals surface area contributed by atoms with Crippen LogP contribution < -0.4 is 15.5 Å². The molecule has 2 aromatic carbocycles. The molecule has 3 amide bonds. The first-order chi connectivity index (χ1) is 14.0. The fourth-order valence-electron chi connectivity index (χ4n) is 3.11. The molecule has 0 unspecified atom stereocenters. The van der Waals surface area contributed by atoms with Gasteiger partial charge in [0, 0.05) is 4.90 Å². The molecular weight excluding hydrogens is 394 g/mol. The van der Waals surface area contributed by atoms with Crippen LogP contribution in [0.4, 0.5) is 17.1 Å². The van der Waals surface area contributed by atoms with Gasteiger partial charge in [0.1, 0.15) is 6.54 Å². The number of hydrogen-bond donors (Lipinski definition) is 2. The van der Waals surface area contributed by atoms with Crippen molar-refractivity contribution >= 4 is 52.5 Å². The molecular formula is C20H17N3O5S. The molecule has 29 heavy (non-hydrogen) atoms. The summed E-state index contributed by atoms with van der Waals surface area (Å²) < 4.78 is 5.09. The van der Waals surface area contributed by atoms with Gasteiger partial charge in [0.05, 0.1) is 28.7 Å². The Kier molecular flexibility index (Phi) is 5.22. The molecule has 1 atom stereocenters. The van der Waals surface area contributed by atoms with Crippen LogP contribution in [0.1, 0.15) is 6.42 Å². The monoisotopic (exact) mass is 411 g/mol. The second-order valence-corrected chi connectivity index (χ2v) is 7.75. The maximum atomic E-state index is 12.5. The Hall–Kier alpha value is -3.33. The normalized spacial score (nSPS) is 17.5. The predicted octanol–water partition coefficient (Wildman–Crippen LogP) is 2.02. The van der Waals surface area contributed by atoms with E-state index in [1.807, 2.05) is 18.2 Å². The number of hydrogen-bond acceptors (Lipinski definition) is 6. The molecule has 2 heterocycles. The molecule has 0 saturated heterocycles. The minimum absolute atomic E-state index is 0.148. The van der Waals surface area contributed by atoms with Crippen molar-refractivity contribution in [2.75, 3.05) is 28.7 Å². The van der Waals surface area contributed by atoms with Gasteiger partial charge in [0.2, 0.25) is 11.8 Å². The highest BCUT2D eigenvalue weighted by Crippen LogP contribution is 2.36. The predicted molar refractivity (Wildman–Crippen MR) is 108 cm³/mol. The van der Waals surface area contributed by atoms with Gasteiger partial charge in [-0.15, -0.1) is 11.8 Å². The highest BCUT2D eigenvalue weighted by atomic mass is 32.2. The number of rotatable bonds is 4. The maximum absolute atomic E-state index is 12.5. The third-order valence-electron chi connectivity index (χ3n) is 4.49. The zero-order valence-corrected chi connectivity index (χ0v) is 16.0. The van der Waals surface area contributed by atoms with Crippen LogP contribution in [-0.4, -0.2) is 42.1 Å². The van der Waals surface area contributed by atoms with E-state index < -0.39 is 23.7 Å². The second-order valence-electron chi connectivity index (χ2n) is 6.50. The Morgan fingerprint density at radius 2 is 1.76 bits per heavy atom. The van der Waals surface area contributed by atoms with Crippen LogP contribution in [0.2, 0.25) is 0 Å². The first-order valence-corrected chi connectivity index (χ1v) is 9.80. The molecule has 2 aliphatic rings. The van der Waals surface area contributed by atoms with Crippen LogP contribution in [0.15, 0.2) is 53.4 Å². The summed E-state index contributed by atoms with van der Waals surface area (Å²) in [6.07, 6.45) is -0.158. The number of carbonyl (C=O) groups excluding carboxylic acids is 4. The Balaban J connectivity index is 1.35. The molecule has 2 aliphatic heterocycles. The second kappa shape index (κ2) is 7.96. The van der Waals surface area contributed by atoms with Crippen molar-refractivity contribution in [3.05, 3.63) is 48.5 Å². The van der Waals surface area contributed by atoms with Crippen molar-refractivity contribution in [3.8, 4) is 0 Å². The summed E-state index contributed by atoms with van der Waals surface area (Å²) in [7, 11) is 0. The summed E-state index contributed by atoms with van der Waals surface area (Å²) in [6.45, 7) is -0.652. The molecule has 2 N–H and O–H groups in total. The number of carbonyl (C=O) groups is 4. The molecule has 0 radical (unpaired) electrons. The number of benzene rings is 2. The zero-order valence-electron chi connectivity index (χ0n) is 15.2. The summed E-state index contributed by atoms with van der Waals surface area (Å²) in [6, 6.07) is 14.2. The third-order valence-corrected chi connectivity index (χ3v) is 5.76. The summed E-state index contributed by atoms with van der Waals surface area (Å²) in [5.41, 5.74) is 1.79. The molecule has 0 aliphatic carbocycles. The zero-order chi connectivity index (χ0) is 20.4. The molecule has 0 fully saturated rings. The molecule has 148 valence electrons. The van der Waals surface area contributed by atoms with Gasteiger partial charge in [0.15, 0.2) is 6.61 Å². The minimum Gasteiger partial charge on any atom is -0.456 e. The number of para-hydroxylation sites is 3. The lowest BCUT2D eigenvalue weighted by Crippen LogP contribution is -2.44. The van der Waals surface area contributed by atoms with E-state index in [9.17, 15) is 19.2 Å². The number of fused-ring (bicyclic) bond motifs is 2. The van der Waals surface area contributed by atoms with Crippen LogP contribution in [-0.2, 0) is 23.9 Å². The van der Waals surface area contributed by atoms with Gasteiger partial charge in [-0.3, -0.25) is 24.1 Å². The summed E-state index contributed by atoms with van der Waals surface area (Å²) in [4.78, 5) is 50.9. The quantitative estimate of drug-likeness (QED) is 0.746. The van der Waals surface area contributed by atoms with Gasteiger partial charge in [-0.1, -0.05) is 24.3 Å². The summed E-state index contributed by atoms with van der Waals surface area (Å²) in [5.74, 6) is -1.76. The lowest BCUT2D eigenvalue weighted by molar-refractivity contribution is -0.148. The number of esters is 1. The highest BCUT2D eigenvalue weighted by Gasteiger charge is 2.31. The van der Waals surface area contributed by atoms with Gasteiger partial charge in [-0.25, -0.2) is 0 Å². The van der Waals surface area contributed by atoms with Crippen molar-refractivity contribution < 1.29 is 23.9 Å². The first-order valence-electron chi connectivity index (χ1n) is 8.92. The van der Waals surface area contributed by atoms with Gasteiger partial charge in [0.25, 0.3) is 5.91 Å². The van der Waals surface area contributed by atoms with Crippen LogP contribution in [0.25, 0.3) is 0 Å². The van der Waals surface area contributed by atoms with Crippen molar-refractivity contribution in [2.24, 2.45) is 0 Å². The van der Waals surface area contributed by atoms with Gasteiger partial charge < -0.3 is 15.4 Å². The Morgan fingerprint density at radius 3 is 2.59 bits per heavy atom. The van der Waals surface area contributed by atoms with Gasteiger partial charge >= 0.3 is 5.97 Å². The molecule has 8 nitrogen and oxygen atoms in total. The molecule has 0 spiro atoms. The van der Waals surface area contributed by atoms with Gasteiger partial charge in [-0.05, 0) is 24.3 Å². The van der Waals surface area contributed by atoms with Crippen LogP contribution in [0.5, 0.6) is 0 Å². The SMILES string of the molecule is O=C1CN(C(=O)COC(=O)C[C@H]2Sc3ccccc3NC2=O)c2ccccc2N1. The van der Waals surface area contributed by atoms with Crippen molar-refractivity contribution in [1.82, 2.24) is 0 Å². The third kappa shape index (κ3) is 4.09. The largest absolute Gasteiger partial charge is 0.456 e. The average Bonchev–Trinajstić information content (AvgIpc) is 2.72.